The van der Waals surface area contributed by atoms with Crippen LogP contribution in [0.15, 0.2) is 40.9 Å². The average molecular weight is 283 g/mol. The molecule has 3 N–H and O–H groups in total. The molecule has 5 nitrogen and oxygen atoms in total. The Labute approximate surface area is 110 Å². The first-order valence-electron chi connectivity index (χ1n) is 5.33. The van der Waals surface area contributed by atoms with Crippen molar-refractivity contribution in [3.8, 4) is 0 Å². The van der Waals surface area contributed by atoms with Gasteiger partial charge in [0.05, 0.1) is 5.69 Å². The second-order valence-corrected chi connectivity index (χ2v) is 6.68. The third-order valence-electron chi connectivity index (χ3n) is 2.23. The van der Waals surface area contributed by atoms with Gasteiger partial charge in [0.25, 0.3) is 10.0 Å². The molecular formula is C11H13N3O2S2. The van der Waals surface area contributed by atoms with Gasteiger partial charge in [-0.1, -0.05) is 0 Å². The molecule has 0 aliphatic rings. The summed E-state index contributed by atoms with van der Waals surface area (Å²) in [6, 6.07) is 6.59. The third-order valence-corrected chi connectivity index (χ3v) is 5.24. The molecule has 0 radical (unpaired) electrons. The summed E-state index contributed by atoms with van der Waals surface area (Å²) in [4.78, 5) is 4.80. The lowest BCUT2D eigenvalue weighted by molar-refractivity contribution is 0.603. The monoisotopic (exact) mass is 283 g/mol. The second kappa shape index (κ2) is 5.47. The molecule has 0 aliphatic carbocycles. The Bertz CT molecular complexity index is 608. The highest BCUT2D eigenvalue weighted by molar-refractivity contribution is 7.94. The lowest BCUT2D eigenvalue weighted by Crippen LogP contribution is -2.11. The minimum Gasteiger partial charge on any atom is -0.330 e. The fourth-order valence-corrected chi connectivity index (χ4v) is 3.83. The Morgan fingerprint density at radius 3 is 2.61 bits per heavy atom. The summed E-state index contributed by atoms with van der Waals surface area (Å²) in [5, 5.41) is 0. The molecule has 0 amide bonds. The number of nitrogens with two attached hydrogens (primary N) is 1. The molecule has 0 unspecified atom stereocenters. The number of hydrogen-bond donors (Lipinski definition) is 2. The molecule has 96 valence electrons. The highest BCUT2D eigenvalue weighted by atomic mass is 32.2. The summed E-state index contributed by atoms with van der Waals surface area (Å²) in [6.07, 6.45) is 3.76. The summed E-state index contributed by atoms with van der Waals surface area (Å²) in [6.45, 7) is 0.512. The zero-order chi connectivity index (χ0) is 13.0. The van der Waals surface area contributed by atoms with E-state index in [0.717, 1.165) is 4.88 Å². The summed E-state index contributed by atoms with van der Waals surface area (Å²) in [7, 11) is -3.51. The molecule has 2 aromatic heterocycles. The Balaban J connectivity index is 2.20. The minimum absolute atomic E-state index is 0.294. The molecule has 0 aliphatic heterocycles. The van der Waals surface area contributed by atoms with Crippen LogP contribution in [0.25, 0.3) is 0 Å². The van der Waals surface area contributed by atoms with E-state index in [1.165, 1.54) is 23.7 Å². The van der Waals surface area contributed by atoms with E-state index in [-0.39, 0.29) is 0 Å². The van der Waals surface area contributed by atoms with E-state index in [4.69, 9.17) is 5.73 Å². The van der Waals surface area contributed by atoms with Crippen molar-refractivity contribution in [1.29, 1.82) is 0 Å². The fraction of sp³-hybridized carbons (Fsp3) is 0.182. The molecule has 7 heteroatoms. The largest absolute Gasteiger partial charge is 0.330 e. The van der Waals surface area contributed by atoms with Crippen LogP contribution < -0.4 is 10.5 Å². The number of anilines is 1. The van der Waals surface area contributed by atoms with E-state index in [1.807, 2.05) is 0 Å². The third kappa shape index (κ3) is 3.06. The number of pyridine rings is 1. The maximum atomic E-state index is 12.1. The Kier molecular flexibility index (Phi) is 3.95. The predicted octanol–water partition coefficient (Wildman–Crippen LogP) is 1.45. The second-order valence-electron chi connectivity index (χ2n) is 3.60. The smallest absolute Gasteiger partial charge is 0.271 e. The standard InChI is InChI=1S/C11H13N3O2S2/c12-6-3-10-1-2-11(17-10)18(15,16)14-9-4-7-13-8-5-9/h1-2,4-5,7-8H,3,6,12H2,(H,13,14). The topological polar surface area (TPSA) is 85.1 Å². The van der Waals surface area contributed by atoms with Crippen LogP contribution in [-0.4, -0.2) is 19.9 Å². The SMILES string of the molecule is NCCc1ccc(S(=O)(=O)Nc2ccncc2)s1. The van der Waals surface area contributed by atoms with Crippen molar-refractivity contribution in [3.05, 3.63) is 41.5 Å². The van der Waals surface area contributed by atoms with Crippen molar-refractivity contribution in [3.63, 3.8) is 0 Å². The van der Waals surface area contributed by atoms with E-state index in [1.54, 1.807) is 24.3 Å². The molecule has 0 saturated heterocycles. The molecule has 2 heterocycles. The molecule has 0 saturated carbocycles. The maximum Gasteiger partial charge on any atom is 0.271 e. The lowest BCUT2D eigenvalue weighted by Gasteiger charge is -2.05. The average Bonchev–Trinajstić information content (AvgIpc) is 2.80. The Hall–Kier alpha value is -1.44. The van der Waals surface area contributed by atoms with Gasteiger partial charge in [-0.2, -0.15) is 0 Å². The van der Waals surface area contributed by atoms with E-state index < -0.39 is 10.0 Å². The van der Waals surface area contributed by atoms with Gasteiger partial charge >= 0.3 is 0 Å². The first-order valence-corrected chi connectivity index (χ1v) is 7.63. The predicted molar refractivity (Wildman–Crippen MR) is 72.1 cm³/mol. The van der Waals surface area contributed by atoms with E-state index >= 15 is 0 Å². The van der Waals surface area contributed by atoms with Crippen molar-refractivity contribution < 1.29 is 8.42 Å². The molecule has 2 rings (SSSR count). The summed E-state index contributed by atoms with van der Waals surface area (Å²) in [5.41, 5.74) is 5.94. The number of sulfonamides is 1. The lowest BCUT2D eigenvalue weighted by atomic mass is 10.3. The van der Waals surface area contributed by atoms with E-state index in [0.29, 0.717) is 22.9 Å². The first kappa shape index (κ1) is 13.0. The molecule has 0 fully saturated rings. The van der Waals surface area contributed by atoms with Crippen LogP contribution in [0, 0.1) is 0 Å². The van der Waals surface area contributed by atoms with Gasteiger partial charge in [-0.25, -0.2) is 8.42 Å². The molecule has 2 aromatic rings. The van der Waals surface area contributed by atoms with Crippen LogP contribution in [0.2, 0.25) is 0 Å². The van der Waals surface area contributed by atoms with Gasteiger partial charge in [0, 0.05) is 17.3 Å². The van der Waals surface area contributed by atoms with Crippen LogP contribution in [0.1, 0.15) is 4.88 Å². The number of thiophene rings is 1. The van der Waals surface area contributed by atoms with Gasteiger partial charge < -0.3 is 5.73 Å². The van der Waals surface area contributed by atoms with E-state index in [2.05, 4.69) is 9.71 Å². The van der Waals surface area contributed by atoms with Crippen LogP contribution in [0.5, 0.6) is 0 Å². The Morgan fingerprint density at radius 2 is 1.94 bits per heavy atom. The van der Waals surface area contributed by atoms with Crippen LogP contribution >= 0.6 is 11.3 Å². The van der Waals surface area contributed by atoms with Crippen LogP contribution in [0.4, 0.5) is 5.69 Å². The molecule has 0 aromatic carbocycles. The summed E-state index contributed by atoms with van der Waals surface area (Å²) >= 11 is 1.24. The normalized spacial score (nSPS) is 11.4. The van der Waals surface area contributed by atoms with Crippen LogP contribution in [0.3, 0.4) is 0 Å². The molecule has 0 spiro atoms. The molecule has 18 heavy (non-hydrogen) atoms. The highest BCUT2D eigenvalue weighted by Crippen LogP contribution is 2.23. The molecule has 0 bridgehead atoms. The van der Waals surface area contributed by atoms with E-state index in [9.17, 15) is 8.42 Å². The number of nitrogens with one attached hydrogen (secondary N) is 1. The van der Waals surface area contributed by atoms with Gasteiger partial charge in [0.15, 0.2) is 0 Å². The number of aromatic nitrogens is 1. The highest BCUT2D eigenvalue weighted by Gasteiger charge is 2.16. The quantitative estimate of drug-likeness (QED) is 0.869. The number of rotatable bonds is 5. The molecule has 0 atom stereocenters. The van der Waals surface area contributed by atoms with Crippen molar-refractivity contribution in [2.45, 2.75) is 10.6 Å². The van der Waals surface area contributed by atoms with Gasteiger partial charge in [-0.05, 0) is 37.2 Å². The van der Waals surface area contributed by atoms with Crippen LogP contribution in [-0.2, 0) is 16.4 Å². The first-order chi connectivity index (χ1) is 8.62. The summed E-state index contributed by atoms with van der Waals surface area (Å²) in [5.74, 6) is 0. The molecular weight excluding hydrogens is 270 g/mol. The van der Waals surface area contributed by atoms with Gasteiger partial charge in [-0.15, -0.1) is 11.3 Å². The Morgan fingerprint density at radius 1 is 1.22 bits per heavy atom. The van der Waals surface area contributed by atoms with Crippen molar-refractivity contribution >= 4 is 27.0 Å². The summed E-state index contributed by atoms with van der Waals surface area (Å²) < 4.78 is 26.9. The van der Waals surface area contributed by atoms with Gasteiger partial charge in [0.1, 0.15) is 4.21 Å². The maximum absolute atomic E-state index is 12.1. The van der Waals surface area contributed by atoms with Crippen molar-refractivity contribution in [2.24, 2.45) is 5.73 Å². The fourth-order valence-electron chi connectivity index (χ4n) is 1.40. The zero-order valence-corrected chi connectivity index (χ0v) is 11.2. The van der Waals surface area contributed by atoms with Gasteiger partial charge in [0.2, 0.25) is 0 Å². The zero-order valence-electron chi connectivity index (χ0n) is 9.54. The number of hydrogen-bond acceptors (Lipinski definition) is 5. The van der Waals surface area contributed by atoms with Crippen molar-refractivity contribution in [2.75, 3.05) is 11.3 Å². The number of nitrogens with zero attached hydrogens (tertiary/aromatic N) is 1. The van der Waals surface area contributed by atoms with Gasteiger partial charge in [-0.3, -0.25) is 9.71 Å². The van der Waals surface area contributed by atoms with Crippen molar-refractivity contribution in [1.82, 2.24) is 4.98 Å². The minimum atomic E-state index is -3.51.